The summed E-state index contributed by atoms with van der Waals surface area (Å²) in [7, 11) is 1.73. The fourth-order valence-electron chi connectivity index (χ4n) is 4.46. The highest BCUT2D eigenvalue weighted by Gasteiger charge is 2.23. The van der Waals surface area contributed by atoms with Crippen LogP contribution in [0, 0.1) is 17.7 Å². The van der Waals surface area contributed by atoms with Gasteiger partial charge in [-0.3, -0.25) is 4.98 Å². The lowest BCUT2D eigenvalue weighted by atomic mass is 9.83. The summed E-state index contributed by atoms with van der Waals surface area (Å²) in [6, 6.07) is 5.77. The van der Waals surface area contributed by atoms with E-state index in [9.17, 15) is 14.6 Å². The normalized spacial score (nSPS) is 19.4. The predicted molar refractivity (Wildman–Crippen MR) is 133 cm³/mol. The van der Waals surface area contributed by atoms with Crippen LogP contribution in [0.2, 0.25) is 5.02 Å². The number of anilines is 1. The molecule has 7 nitrogen and oxygen atoms in total. The van der Waals surface area contributed by atoms with Gasteiger partial charge in [-0.15, -0.1) is 0 Å². The average Bonchev–Trinajstić information content (AvgIpc) is 2.83. The molecule has 1 aliphatic rings. The molecule has 0 bridgehead atoms. The van der Waals surface area contributed by atoms with Crippen molar-refractivity contribution in [1.82, 2.24) is 15.3 Å². The molecular formula is C25H36ClFN4O3. The van der Waals surface area contributed by atoms with Gasteiger partial charge in [-0.1, -0.05) is 11.6 Å². The van der Waals surface area contributed by atoms with Crippen LogP contribution in [0.25, 0.3) is 11.3 Å². The maximum atomic E-state index is 14.3. The third-order valence-electron chi connectivity index (χ3n) is 6.39. The molecule has 2 aromatic rings. The summed E-state index contributed by atoms with van der Waals surface area (Å²) in [4.78, 5) is 8.94. The number of methoxy groups -OCH3 is 1. The number of halogens is 2. The van der Waals surface area contributed by atoms with Gasteiger partial charge in [0.05, 0.1) is 17.3 Å². The van der Waals surface area contributed by atoms with Gasteiger partial charge in [-0.2, -0.15) is 0 Å². The molecule has 1 aliphatic carbocycles. The minimum absolute atomic E-state index is 0.0624. The average molecular weight is 495 g/mol. The summed E-state index contributed by atoms with van der Waals surface area (Å²) < 4.78 is 19.5. The zero-order valence-corrected chi connectivity index (χ0v) is 20.7. The predicted octanol–water partition coefficient (Wildman–Crippen LogP) is 3.67. The van der Waals surface area contributed by atoms with Crippen LogP contribution in [0.1, 0.15) is 38.3 Å². The van der Waals surface area contributed by atoms with Crippen LogP contribution in [0.15, 0.2) is 24.4 Å². The van der Waals surface area contributed by atoms with E-state index in [4.69, 9.17) is 16.3 Å². The van der Waals surface area contributed by atoms with Gasteiger partial charge in [0, 0.05) is 62.3 Å². The molecule has 0 radical (unpaired) electrons. The Morgan fingerprint density at radius 3 is 2.62 bits per heavy atom. The quantitative estimate of drug-likeness (QED) is 0.357. The molecule has 0 saturated heterocycles. The number of nitrogens with zero attached hydrogens (tertiary/aromatic N) is 2. The molecule has 0 aromatic carbocycles. The van der Waals surface area contributed by atoms with Crippen LogP contribution < -0.4 is 10.6 Å². The standard InChI is InChI=1S/C25H36ClFN4O3/c1-16(15-34-2)30-19-5-3-17(4-6-19)9-20-10-21(22(26)12-28-20)24-8-7-23(27)25(31-24)29-11-18(13-32)14-33/h7-8,10,12,16-19,30,32-33H,3-6,9,11,13-15H2,1-2H3,(H,29,31)/t16-,17?,19?/m1/s1. The van der Waals surface area contributed by atoms with Crippen molar-refractivity contribution in [2.75, 3.05) is 38.8 Å². The Hall–Kier alpha value is -1.84. The van der Waals surface area contributed by atoms with Crippen molar-refractivity contribution in [2.45, 2.75) is 51.1 Å². The Bertz CT molecular complexity index is 908. The molecule has 34 heavy (non-hydrogen) atoms. The van der Waals surface area contributed by atoms with Crippen molar-refractivity contribution in [1.29, 1.82) is 0 Å². The molecule has 3 rings (SSSR count). The van der Waals surface area contributed by atoms with Crippen molar-refractivity contribution in [3.05, 3.63) is 40.9 Å². The van der Waals surface area contributed by atoms with E-state index in [1.54, 1.807) is 19.4 Å². The number of hydrogen-bond acceptors (Lipinski definition) is 7. The van der Waals surface area contributed by atoms with Gasteiger partial charge in [0.25, 0.3) is 0 Å². The molecule has 188 valence electrons. The first-order valence-electron chi connectivity index (χ1n) is 11.9. The first-order valence-corrected chi connectivity index (χ1v) is 12.3. The lowest BCUT2D eigenvalue weighted by Crippen LogP contribution is -2.41. The van der Waals surface area contributed by atoms with E-state index in [-0.39, 0.29) is 25.6 Å². The Labute approximate surface area is 206 Å². The molecule has 0 amide bonds. The Balaban J connectivity index is 1.65. The van der Waals surface area contributed by atoms with Crippen molar-refractivity contribution < 1.29 is 19.3 Å². The molecule has 1 fully saturated rings. The number of rotatable bonds is 12. The number of pyridine rings is 2. The van der Waals surface area contributed by atoms with Crippen LogP contribution in [-0.2, 0) is 11.2 Å². The highest BCUT2D eigenvalue weighted by molar-refractivity contribution is 6.33. The molecule has 1 saturated carbocycles. The van der Waals surface area contributed by atoms with Crippen LogP contribution in [0.5, 0.6) is 0 Å². The number of ether oxygens (including phenoxy) is 1. The van der Waals surface area contributed by atoms with Crippen LogP contribution in [-0.4, -0.2) is 65.7 Å². The van der Waals surface area contributed by atoms with Crippen molar-refractivity contribution in [2.24, 2.45) is 11.8 Å². The van der Waals surface area contributed by atoms with Gasteiger partial charge < -0.3 is 25.6 Å². The van der Waals surface area contributed by atoms with E-state index in [0.29, 0.717) is 34.3 Å². The molecule has 0 spiro atoms. The molecule has 0 unspecified atom stereocenters. The van der Waals surface area contributed by atoms with Gasteiger partial charge in [-0.05, 0) is 63.1 Å². The minimum Gasteiger partial charge on any atom is -0.396 e. The summed E-state index contributed by atoms with van der Waals surface area (Å²) in [6.45, 7) is 2.67. The number of nitrogens with one attached hydrogen (secondary N) is 2. The summed E-state index contributed by atoms with van der Waals surface area (Å²) in [5, 5.41) is 25.4. The van der Waals surface area contributed by atoms with E-state index in [0.717, 1.165) is 44.4 Å². The Kier molecular flexibility index (Phi) is 10.5. The Morgan fingerprint density at radius 1 is 1.21 bits per heavy atom. The van der Waals surface area contributed by atoms with Crippen molar-refractivity contribution >= 4 is 17.4 Å². The van der Waals surface area contributed by atoms with E-state index in [1.165, 1.54) is 6.07 Å². The van der Waals surface area contributed by atoms with Crippen LogP contribution >= 0.6 is 11.6 Å². The number of aliphatic hydroxyl groups excluding tert-OH is 2. The molecule has 0 aliphatic heterocycles. The summed E-state index contributed by atoms with van der Waals surface area (Å²) in [6.07, 6.45) is 7.04. The van der Waals surface area contributed by atoms with Crippen molar-refractivity contribution in [3.8, 4) is 11.3 Å². The zero-order chi connectivity index (χ0) is 24.5. The summed E-state index contributed by atoms with van der Waals surface area (Å²) in [5.41, 5.74) is 2.20. The molecule has 2 aromatic heterocycles. The number of hydrogen-bond donors (Lipinski definition) is 4. The SMILES string of the molecule is COC[C@@H](C)NC1CCC(Cc2cc(-c3ccc(F)c(NCC(CO)CO)n3)c(Cl)cn2)CC1. The lowest BCUT2D eigenvalue weighted by Gasteiger charge is -2.31. The van der Waals surface area contributed by atoms with E-state index in [2.05, 4.69) is 27.5 Å². The first-order chi connectivity index (χ1) is 16.4. The largest absolute Gasteiger partial charge is 0.396 e. The van der Waals surface area contributed by atoms with E-state index >= 15 is 0 Å². The third-order valence-corrected chi connectivity index (χ3v) is 6.69. The van der Waals surface area contributed by atoms with Crippen LogP contribution in [0.3, 0.4) is 0 Å². The van der Waals surface area contributed by atoms with Crippen molar-refractivity contribution in [3.63, 3.8) is 0 Å². The second kappa shape index (κ2) is 13.3. The highest BCUT2D eigenvalue weighted by Crippen LogP contribution is 2.31. The van der Waals surface area contributed by atoms with Gasteiger partial charge in [0.1, 0.15) is 0 Å². The molecular weight excluding hydrogens is 459 g/mol. The second-order valence-electron chi connectivity index (χ2n) is 9.24. The number of aliphatic hydroxyl groups is 2. The monoisotopic (exact) mass is 494 g/mol. The smallest absolute Gasteiger partial charge is 0.165 e. The minimum atomic E-state index is -0.506. The summed E-state index contributed by atoms with van der Waals surface area (Å²) in [5.74, 6) is -0.277. The maximum Gasteiger partial charge on any atom is 0.165 e. The highest BCUT2D eigenvalue weighted by atomic mass is 35.5. The zero-order valence-electron chi connectivity index (χ0n) is 19.9. The molecule has 1 atom stereocenters. The topological polar surface area (TPSA) is 99.5 Å². The fourth-order valence-corrected chi connectivity index (χ4v) is 4.66. The molecule has 4 N–H and O–H groups in total. The summed E-state index contributed by atoms with van der Waals surface area (Å²) >= 11 is 6.43. The van der Waals surface area contributed by atoms with E-state index < -0.39 is 11.7 Å². The maximum absolute atomic E-state index is 14.3. The van der Waals surface area contributed by atoms with Crippen LogP contribution in [0.4, 0.5) is 10.2 Å². The number of aromatic nitrogens is 2. The van der Waals surface area contributed by atoms with Gasteiger partial charge in [0.2, 0.25) is 0 Å². The third kappa shape index (κ3) is 7.58. The van der Waals surface area contributed by atoms with E-state index in [1.807, 2.05) is 6.07 Å². The Morgan fingerprint density at radius 2 is 1.94 bits per heavy atom. The van der Waals surface area contributed by atoms with Gasteiger partial charge in [-0.25, -0.2) is 9.37 Å². The first kappa shape index (κ1) is 26.8. The second-order valence-corrected chi connectivity index (χ2v) is 9.65. The van der Waals surface area contributed by atoms with Gasteiger partial charge >= 0.3 is 0 Å². The lowest BCUT2D eigenvalue weighted by molar-refractivity contribution is 0.157. The van der Waals surface area contributed by atoms with Gasteiger partial charge in [0.15, 0.2) is 11.6 Å². The molecule has 2 heterocycles. The fraction of sp³-hybridized carbons (Fsp3) is 0.600. The molecule has 9 heteroatoms.